The first-order valence-electron chi connectivity index (χ1n) is 3.86. The zero-order chi connectivity index (χ0) is 7.56. The highest BCUT2D eigenvalue weighted by atomic mass is 16.3. The molecule has 1 saturated carbocycles. The number of carbonyl (C=O) groups excluding carboxylic acids is 1. The Bertz CT molecular complexity index is 131. The predicted octanol–water partition coefficient (Wildman–Crippen LogP) is 0.984. The van der Waals surface area contributed by atoms with E-state index in [4.69, 9.17) is 5.11 Å². The first kappa shape index (κ1) is 7.73. The second-order valence-corrected chi connectivity index (χ2v) is 3.20. The normalized spacial score (nSPS) is 34.4. The Balaban J connectivity index is 2.43. The number of aliphatic hydroxyl groups excluding tert-OH is 1. The van der Waals surface area contributed by atoms with Gasteiger partial charge in [-0.1, -0.05) is 6.92 Å². The molecule has 1 fully saturated rings. The van der Waals surface area contributed by atoms with Crippen LogP contribution in [0.2, 0.25) is 0 Å². The van der Waals surface area contributed by atoms with Crippen LogP contribution < -0.4 is 0 Å². The van der Waals surface area contributed by atoms with Crippen LogP contribution in [0.25, 0.3) is 0 Å². The summed E-state index contributed by atoms with van der Waals surface area (Å²) in [6.45, 7) is 2.28. The maximum atomic E-state index is 10.9. The third-order valence-electron chi connectivity index (χ3n) is 2.38. The fraction of sp³-hybridized carbons (Fsp3) is 0.875. The second kappa shape index (κ2) is 3.15. The zero-order valence-corrected chi connectivity index (χ0v) is 6.34. The van der Waals surface area contributed by atoms with Crippen LogP contribution in [0.3, 0.4) is 0 Å². The largest absolute Gasteiger partial charge is 0.396 e. The second-order valence-electron chi connectivity index (χ2n) is 3.20. The molecule has 0 spiro atoms. The number of hydrogen-bond donors (Lipinski definition) is 1. The van der Waals surface area contributed by atoms with Gasteiger partial charge in [0.05, 0.1) is 0 Å². The van der Waals surface area contributed by atoms with Gasteiger partial charge < -0.3 is 5.11 Å². The Kier molecular flexibility index (Phi) is 2.44. The molecule has 0 radical (unpaired) electrons. The molecule has 10 heavy (non-hydrogen) atoms. The molecule has 1 aliphatic rings. The van der Waals surface area contributed by atoms with Crippen molar-refractivity contribution < 1.29 is 9.90 Å². The summed E-state index contributed by atoms with van der Waals surface area (Å²) in [5, 5.41) is 8.84. The van der Waals surface area contributed by atoms with Crippen LogP contribution in [0.15, 0.2) is 0 Å². The average molecular weight is 142 g/mol. The van der Waals surface area contributed by atoms with E-state index in [9.17, 15) is 4.79 Å². The van der Waals surface area contributed by atoms with Crippen LogP contribution in [0.4, 0.5) is 0 Å². The van der Waals surface area contributed by atoms with E-state index in [1.165, 1.54) is 0 Å². The molecule has 1 rings (SSSR count). The molecular formula is C8H14O2. The molecule has 1 aliphatic carbocycles. The molecular weight excluding hydrogens is 128 g/mol. The molecule has 0 aliphatic heterocycles. The molecule has 0 bridgehead atoms. The number of aliphatic hydroxyl groups is 1. The maximum absolute atomic E-state index is 10.9. The molecule has 0 saturated heterocycles. The molecule has 0 aromatic rings. The van der Waals surface area contributed by atoms with Gasteiger partial charge in [0.2, 0.25) is 0 Å². The molecule has 0 unspecified atom stereocenters. The van der Waals surface area contributed by atoms with Gasteiger partial charge >= 0.3 is 0 Å². The predicted molar refractivity (Wildman–Crippen MR) is 38.6 cm³/mol. The molecule has 2 nitrogen and oxygen atoms in total. The fourth-order valence-corrected chi connectivity index (χ4v) is 1.53. The SMILES string of the molecule is C[C@H]1CC(=O)CC[C@H]1CO. The Morgan fingerprint density at radius 3 is 2.90 bits per heavy atom. The number of carbonyl (C=O) groups is 1. The van der Waals surface area contributed by atoms with Crippen molar-refractivity contribution in [3.05, 3.63) is 0 Å². The monoisotopic (exact) mass is 142 g/mol. The fourth-order valence-electron chi connectivity index (χ4n) is 1.53. The summed E-state index contributed by atoms with van der Waals surface area (Å²) in [6, 6.07) is 0. The Labute approximate surface area is 61.2 Å². The van der Waals surface area contributed by atoms with Gasteiger partial charge in [0.15, 0.2) is 0 Å². The first-order chi connectivity index (χ1) is 4.74. The minimum Gasteiger partial charge on any atom is -0.396 e. The van der Waals surface area contributed by atoms with E-state index in [1.54, 1.807) is 0 Å². The van der Waals surface area contributed by atoms with Gasteiger partial charge in [-0.15, -0.1) is 0 Å². The molecule has 1 N–H and O–H groups in total. The molecule has 0 heterocycles. The van der Waals surface area contributed by atoms with Crippen LogP contribution in [0, 0.1) is 11.8 Å². The lowest BCUT2D eigenvalue weighted by Crippen LogP contribution is -2.25. The van der Waals surface area contributed by atoms with E-state index >= 15 is 0 Å². The highest BCUT2D eigenvalue weighted by molar-refractivity contribution is 5.79. The van der Waals surface area contributed by atoms with E-state index in [-0.39, 0.29) is 6.61 Å². The number of ketones is 1. The maximum Gasteiger partial charge on any atom is 0.133 e. The third-order valence-corrected chi connectivity index (χ3v) is 2.38. The minimum atomic E-state index is 0.244. The van der Waals surface area contributed by atoms with Gasteiger partial charge in [-0.2, -0.15) is 0 Å². The standard InChI is InChI=1S/C8H14O2/c1-6-4-8(10)3-2-7(6)5-9/h6-7,9H,2-5H2,1H3/t6-,7-/m0/s1. The van der Waals surface area contributed by atoms with Crippen molar-refractivity contribution in [1.82, 2.24) is 0 Å². The Morgan fingerprint density at radius 2 is 2.40 bits per heavy atom. The van der Waals surface area contributed by atoms with E-state index in [0.717, 1.165) is 6.42 Å². The van der Waals surface area contributed by atoms with E-state index in [0.29, 0.717) is 30.5 Å². The number of rotatable bonds is 1. The van der Waals surface area contributed by atoms with Gasteiger partial charge in [0, 0.05) is 19.4 Å². The van der Waals surface area contributed by atoms with Crippen molar-refractivity contribution in [3.8, 4) is 0 Å². The van der Waals surface area contributed by atoms with Crippen LogP contribution in [-0.4, -0.2) is 17.5 Å². The first-order valence-corrected chi connectivity index (χ1v) is 3.86. The van der Waals surface area contributed by atoms with Crippen molar-refractivity contribution in [2.75, 3.05) is 6.61 Å². The van der Waals surface area contributed by atoms with Crippen molar-refractivity contribution in [2.45, 2.75) is 26.2 Å². The Hall–Kier alpha value is -0.370. The van der Waals surface area contributed by atoms with Gasteiger partial charge in [-0.05, 0) is 18.3 Å². The summed E-state index contributed by atoms with van der Waals surface area (Å²) in [6.07, 6.45) is 2.23. The van der Waals surface area contributed by atoms with Crippen molar-refractivity contribution >= 4 is 5.78 Å². The molecule has 2 heteroatoms. The van der Waals surface area contributed by atoms with Gasteiger partial charge in [-0.25, -0.2) is 0 Å². The highest BCUT2D eigenvalue weighted by Gasteiger charge is 2.24. The average Bonchev–Trinajstić information content (AvgIpc) is 1.88. The van der Waals surface area contributed by atoms with Gasteiger partial charge in [-0.3, -0.25) is 4.79 Å². The molecule has 0 aromatic heterocycles. The molecule has 2 atom stereocenters. The number of hydrogen-bond acceptors (Lipinski definition) is 2. The van der Waals surface area contributed by atoms with Crippen molar-refractivity contribution in [3.63, 3.8) is 0 Å². The zero-order valence-electron chi connectivity index (χ0n) is 6.34. The lowest BCUT2D eigenvalue weighted by atomic mass is 9.80. The van der Waals surface area contributed by atoms with Crippen LogP contribution >= 0.6 is 0 Å². The van der Waals surface area contributed by atoms with Crippen molar-refractivity contribution in [1.29, 1.82) is 0 Å². The third kappa shape index (κ3) is 1.57. The molecule has 58 valence electrons. The van der Waals surface area contributed by atoms with Gasteiger partial charge in [0.1, 0.15) is 5.78 Å². The smallest absolute Gasteiger partial charge is 0.133 e. The van der Waals surface area contributed by atoms with E-state index in [2.05, 4.69) is 0 Å². The lowest BCUT2D eigenvalue weighted by Gasteiger charge is -2.25. The quantitative estimate of drug-likeness (QED) is 0.592. The van der Waals surface area contributed by atoms with Crippen molar-refractivity contribution in [2.24, 2.45) is 11.8 Å². The summed E-state index contributed by atoms with van der Waals surface area (Å²) in [5.74, 6) is 1.13. The topological polar surface area (TPSA) is 37.3 Å². The summed E-state index contributed by atoms with van der Waals surface area (Å²) < 4.78 is 0. The summed E-state index contributed by atoms with van der Waals surface area (Å²) in [5.41, 5.74) is 0. The minimum absolute atomic E-state index is 0.244. The van der Waals surface area contributed by atoms with Crippen LogP contribution in [0.1, 0.15) is 26.2 Å². The molecule has 0 aromatic carbocycles. The summed E-state index contributed by atoms with van der Waals surface area (Å²) >= 11 is 0. The van der Waals surface area contributed by atoms with Crippen LogP contribution in [-0.2, 0) is 4.79 Å². The summed E-state index contributed by atoms with van der Waals surface area (Å²) in [4.78, 5) is 10.9. The van der Waals surface area contributed by atoms with Gasteiger partial charge in [0.25, 0.3) is 0 Å². The number of Topliss-reactive ketones (excluding diaryl/α,β-unsaturated/α-hetero) is 1. The molecule has 0 amide bonds. The van der Waals surface area contributed by atoms with Crippen LogP contribution in [0.5, 0.6) is 0 Å². The Morgan fingerprint density at radius 1 is 1.70 bits per heavy atom. The summed E-state index contributed by atoms with van der Waals surface area (Å²) in [7, 11) is 0. The highest BCUT2D eigenvalue weighted by Crippen LogP contribution is 2.26. The lowest BCUT2D eigenvalue weighted by molar-refractivity contribution is -0.122. The van der Waals surface area contributed by atoms with E-state index < -0.39 is 0 Å². The van der Waals surface area contributed by atoms with E-state index in [1.807, 2.05) is 6.92 Å².